The fourth-order valence-electron chi connectivity index (χ4n) is 5.48. The number of rotatable bonds is 10. The van der Waals surface area contributed by atoms with E-state index in [1.54, 1.807) is 36.3 Å². The number of ether oxygens (including phenoxy) is 2. The number of carbonyl (C=O) groups excluding carboxylic acids is 1. The number of aromatic nitrogens is 1. The fourth-order valence-corrected chi connectivity index (χ4v) is 6.57. The number of aliphatic hydroxyl groups excluding tert-OH is 1. The van der Waals surface area contributed by atoms with Gasteiger partial charge in [0.25, 0.3) is 5.91 Å². The van der Waals surface area contributed by atoms with Crippen molar-refractivity contribution in [3.05, 3.63) is 155 Å². The summed E-state index contributed by atoms with van der Waals surface area (Å²) in [5.74, 6) is 0.777. The summed E-state index contributed by atoms with van der Waals surface area (Å²) in [6.45, 7) is 2.62. The van der Waals surface area contributed by atoms with Crippen LogP contribution in [-0.2, 0) is 22.6 Å². The van der Waals surface area contributed by atoms with Crippen molar-refractivity contribution in [2.75, 3.05) is 5.75 Å². The van der Waals surface area contributed by atoms with E-state index in [-0.39, 0.29) is 30.6 Å². The number of carbonyl (C=O) groups is 1. The molecule has 0 spiro atoms. The normalized spacial score (nSPS) is 19.6. The number of thioether (sulfide) groups is 1. The molecule has 4 unspecified atom stereocenters. The molecule has 7 heteroatoms. The molecule has 2 N–H and O–H groups in total. The quantitative estimate of drug-likeness (QED) is 0.156. The third kappa shape index (κ3) is 7.70. The van der Waals surface area contributed by atoms with Crippen LogP contribution in [0.15, 0.2) is 133 Å². The molecule has 2 heterocycles. The topological polar surface area (TPSA) is 80.7 Å². The minimum atomic E-state index is -0.520. The van der Waals surface area contributed by atoms with E-state index in [2.05, 4.69) is 77.9 Å². The highest BCUT2D eigenvalue weighted by atomic mass is 32.2. The van der Waals surface area contributed by atoms with Gasteiger partial charge in [0.05, 0.1) is 24.4 Å². The smallest absolute Gasteiger partial charge is 0.253 e. The largest absolute Gasteiger partial charge is 0.392 e. The summed E-state index contributed by atoms with van der Waals surface area (Å²) in [4.78, 5) is 17.7. The van der Waals surface area contributed by atoms with Gasteiger partial charge in [-0.05, 0) is 58.1 Å². The molecule has 6 nitrogen and oxygen atoms in total. The Balaban J connectivity index is 1.18. The maximum atomic E-state index is 12.5. The Hall–Kier alpha value is -4.27. The lowest BCUT2D eigenvalue weighted by atomic mass is 9.91. The van der Waals surface area contributed by atoms with E-state index < -0.39 is 6.29 Å². The van der Waals surface area contributed by atoms with E-state index in [9.17, 15) is 9.90 Å². The molecule has 0 saturated carbocycles. The summed E-state index contributed by atoms with van der Waals surface area (Å²) >= 11 is 1.79. The van der Waals surface area contributed by atoms with Crippen molar-refractivity contribution in [1.82, 2.24) is 10.3 Å². The zero-order valence-electron chi connectivity index (χ0n) is 25.1. The Morgan fingerprint density at radius 3 is 2.33 bits per heavy atom. The van der Waals surface area contributed by atoms with Gasteiger partial charge in [-0.3, -0.25) is 9.78 Å². The number of hydrogen-bond donors (Lipinski definition) is 2. The third-order valence-corrected chi connectivity index (χ3v) is 9.20. The molecule has 1 aromatic heterocycles. The van der Waals surface area contributed by atoms with E-state index in [1.165, 1.54) is 4.90 Å². The number of benzene rings is 4. The Bertz CT molecular complexity index is 1680. The minimum absolute atomic E-state index is 0.0126. The minimum Gasteiger partial charge on any atom is -0.392 e. The lowest BCUT2D eigenvalue weighted by Gasteiger charge is -2.41. The van der Waals surface area contributed by atoms with Crippen LogP contribution in [0.4, 0.5) is 0 Å². The summed E-state index contributed by atoms with van der Waals surface area (Å²) in [5, 5.41) is 12.5. The van der Waals surface area contributed by atoms with Crippen LogP contribution >= 0.6 is 11.8 Å². The van der Waals surface area contributed by atoms with Crippen molar-refractivity contribution in [3.63, 3.8) is 0 Å². The monoisotopic (exact) mass is 616 g/mol. The number of pyridine rings is 1. The first-order chi connectivity index (χ1) is 22.1. The molecule has 1 amide bonds. The van der Waals surface area contributed by atoms with Crippen molar-refractivity contribution in [2.45, 2.75) is 43.5 Å². The van der Waals surface area contributed by atoms with Crippen LogP contribution in [0.1, 0.15) is 51.9 Å². The van der Waals surface area contributed by atoms with E-state index in [0.29, 0.717) is 12.1 Å². The Morgan fingerprint density at radius 1 is 0.822 bits per heavy atom. The van der Waals surface area contributed by atoms with Crippen molar-refractivity contribution >= 4 is 17.7 Å². The SMILES string of the molecule is CC1C(CSc2ccccc2)OC(c2ccc(-c3cccc(CNC(=O)c4cccnc4)c3)cc2)OC1c1ccc(CO)cc1. The molecule has 4 aromatic carbocycles. The highest BCUT2D eigenvalue weighted by Crippen LogP contribution is 2.43. The Labute approximate surface area is 268 Å². The van der Waals surface area contributed by atoms with Gasteiger partial charge in [0.2, 0.25) is 0 Å². The van der Waals surface area contributed by atoms with E-state index in [4.69, 9.17) is 9.47 Å². The molecular formula is C38H36N2O4S. The highest BCUT2D eigenvalue weighted by Gasteiger charge is 2.38. The van der Waals surface area contributed by atoms with Crippen LogP contribution in [0.25, 0.3) is 11.1 Å². The number of nitrogens with zero attached hydrogens (tertiary/aromatic N) is 1. The van der Waals surface area contributed by atoms with Gasteiger partial charge in [-0.25, -0.2) is 0 Å². The van der Waals surface area contributed by atoms with Crippen LogP contribution in [0.3, 0.4) is 0 Å². The first-order valence-corrected chi connectivity index (χ1v) is 16.1. The van der Waals surface area contributed by atoms with Gasteiger partial charge >= 0.3 is 0 Å². The van der Waals surface area contributed by atoms with Crippen LogP contribution in [0.2, 0.25) is 0 Å². The van der Waals surface area contributed by atoms with Crippen molar-refractivity contribution in [1.29, 1.82) is 0 Å². The molecule has 0 radical (unpaired) electrons. The predicted octanol–water partition coefficient (Wildman–Crippen LogP) is 7.75. The van der Waals surface area contributed by atoms with Gasteiger partial charge in [-0.1, -0.05) is 91.9 Å². The molecular weight excluding hydrogens is 580 g/mol. The lowest BCUT2D eigenvalue weighted by molar-refractivity contribution is -0.268. The predicted molar refractivity (Wildman–Crippen MR) is 177 cm³/mol. The summed E-state index contributed by atoms with van der Waals surface area (Å²) in [7, 11) is 0. The Morgan fingerprint density at radius 2 is 1.60 bits per heavy atom. The second-order valence-corrected chi connectivity index (χ2v) is 12.3. The standard InChI is InChI=1S/C38H36N2O4S/c1-26-35(25-45-34-10-3-2-4-11-34)43-38(44-36(26)30-14-12-27(24-41)13-15-30)31-18-16-29(17-19-31)32-8-5-7-28(21-32)22-40-37(42)33-9-6-20-39-23-33/h2-21,23,26,35-36,38,41H,22,24-25H2,1H3,(H,40,42). The van der Waals surface area contributed by atoms with Gasteiger partial charge in [-0.2, -0.15) is 0 Å². The average molecular weight is 617 g/mol. The first-order valence-electron chi connectivity index (χ1n) is 15.1. The summed E-state index contributed by atoms with van der Waals surface area (Å²) in [6.07, 6.45) is 2.50. The molecule has 1 aliphatic heterocycles. The van der Waals surface area contributed by atoms with Gasteiger partial charge in [0.1, 0.15) is 0 Å². The van der Waals surface area contributed by atoms with E-state index >= 15 is 0 Å². The molecule has 0 bridgehead atoms. The molecule has 6 rings (SSSR count). The third-order valence-electron chi connectivity index (χ3n) is 8.10. The number of aliphatic hydroxyl groups is 1. The molecule has 1 saturated heterocycles. The summed E-state index contributed by atoms with van der Waals surface area (Å²) < 4.78 is 13.3. The van der Waals surface area contributed by atoms with Crippen LogP contribution in [-0.4, -0.2) is 27.9 Å². The van der Waals surface area contributed by atoms with Gasteiger partial charge < -0.3 is 19.9 Å². The molecule has 4 atom stereocenters. The van der Waals surface area contributed by atoms with Gasteiger partial charge in [0.15, 0.2) is 6.29 Å². The average Bonchev–Trinajstić information content (AvgIpc) is 3.11. The molecule has 1 aliphatic rings. The Kier molecular flexibility index (Phi) is 10.0. The first kappa shape index (κ1) is 30.7. The van der Waals surface area contributed by atoms with Crippen molar-refractivity contribution in [2.24, 2.45) is 5.92 Å². The number of hydrogen-bond acceptors (Lipinski definition) is 6. The van der Waals surface area contributed by atoms with Gasteiger partial charge in [0, 0.05) is 41.1 Å². The highest BCUT2D eigenvalue weighted by molar-refractivity contribution is 7.99. The number of nitrogens with one attached hydrogen (secondary N) is 1. The maximum Gasteiger partial charge on any atom is 0.253 e. The number of amides is 1. The zero-order chi connectivity index (χ0) is 31.0. The zero-order valence-corrected chi connectivity index (χ0v) is 25.9. The molecule has 228 valence electrons. The molecule has 45 heavy (non-hydrogen) atoms. The van der Waals surface area contributed by atoms with Crippen LogP contribution in [0, 0.1) is 5.92 Å². The van der Waals surface area contributed by atoms with Gasteiger partial charge in [-0.15, -0.1) is 11.8 Å². The lowest BCUT2D eigenvalue weighted by Crippen LogP contribution is -2.38. The van der Waals surface area contributed by atoms with E-state index in [0.717, 1.165) is 39.1 Å². The van der Waals surface area contributed by atoms with E-state index in [1.807, 2.05) is 42.5 Å². The molecule has 5 aromatic rings. The second-order valence-electron chi connectivity index (χ2n) is 11.2. The maximum absolute atomic E-state index is 12.5. The van der Waals surface area contributed by atoms with Crippen molar-refractivity contribution in [3.8, 4) is 11.1 Å². The van der Waals surface area contributed by atoms with Crippen molar-refractivity contribution < 1.29 is 19.4 Å². The molecule has 1 fully saturated rings. The molecule has 0 aliphatic carbocycles. The second kappa shape index (κ2) is 14.7. The summed E-state index contributed by atoms with van der Waals surface area (Å²) in [6, 6.07) is 38.4. The fraction of sp³-hybridized carbons (Fsp3) is 0.211. The van der Waals surface area contributed by atoms with Crippen LogP contribution < -0.4 is 5.32 Å². The van der Waals surface area contributed by atoms with Crippen LogP contribution in [0.5, 0.6) is 0 Å². The summed E-state index contributed by atoms with van der Waals surface area (Å²) in [5.41, 5.74) is 6.58.